The first kappa shape index (κ1) is 14.0. The molecule has 0 aliphatic heterocycles. The van der Waals surface area contributed by atoms with E-state index in [9.17, 15) is 4.39 Å². The number of benzene rings is 2. The van der Waals surface area contributed by atoms with Crippen LogP contribution in [0, 0.1) is 12.7 Å². The molecule has 0 fully saturated rings. The van der Waals surface area contributed by atoms with E-state index in [-0.39, 0.29) is 5.82 Å². The second kappa shape index (κ2) is 6.12. The van der Waals surface area contributed by atoms with Crippen molar-refractivity contribution in [1.82, 2.24) is 0 Å². The number of rotatable bonds is 2. The van der Waals surface area contributed by atoms with Crippen LogP contribution in [0.3, 0.4) is 0 Å². The SMILES string of the molecule is Cc1cc(F)ccc1NC(=S)Nc1ccc(Br)cc1. The molecule has 0 aliphatic rings. The lowest BCUT2D eigenvalue weighted by atomic mass is 10.2. The fourth-order valence-electron chi connectivity index (χ4n) is 1.59. The first-order chi connectivity index (χ1) is 9.04. The maximum Gasteiger partial charge on any atom is 0.175 e. The van der Waals surface area contributed by atoms with Crippen molar-refractivity contribution in [3.05, 3.63) is 58.3 Å². The lowest BCUT2D eigenvalue weighted by Gasteiger charge is -2.12. The average molecular weight is 339 g/mol. The molecule has 0 radical (unpaired) electrons. The van der Waals surface area contributed by atoms with Crippen LogP contribution in [-0.4, -0.2) is 5.11 Å². The van der Waals surface area contributed by atoms with E-state index in [0.717, 1.165) is 21.4 Å². The molecule has 0 bridgehead atoms. The van der Waals surface area contributed by atoms with Crippen LogP contribution in [0.4, 0.5) is 15.8 Å². The highest BCUT2D eigenvalue weighted by molar-refractivity contribution is 9.10. The zero-order chi connectivity index (χ0) is 13.8. The number of thiocarbonyl (C=S) groups is 1. The molecule has 0 saturated heterocycles. The van der Waals surface area contributed by atoms with Crippen LogP contribution in [-0.2, 0) is 0 Å². The standard InChI is InChI=1S/C14H12BrFN2S/c1-9-8-11(16)4-7-13(9)18-14(19)17-12-5-2-10(15)3-6-12/h2-8H,1H3,(H2,17,18,19). The molecule has 0 unspecified atom stereocenters. The minimum atomic E-state index is -0.255. The molecule has 0 spiro atoms. The second-order valence-corrected chi connectivity index (χ2v) is 5.37. The Hall–Kier alpha value is -1.46. The smallest absolute Gasteiger partial charge is 0.175 e. The minimum Gasteiger partial charge on any atom is -0.332 e. The Labute approximate surface area is 125 Å². The van der Waals surface area contributed by atoms with Crippen molar-refractivity contribution in [2.24, 2.45) is 0 Å². The zero-order valence-corrected chi connectivity index (χ0v) is 12.6. The van der Waals surface area contributed by atoms with Crippen molar-refractivity contribution >= 4 is 44.6 Å². The third-order valence-electron chi connectivity index (χ3n) is 2.54. The first-order valence-electron chi connectivity index (χ1n) is 5.64. The predicted octanol–water partition coefficient (Wildman–Crippen LogP) is 4.71. The predicted molar refractivity (Wildman–Crippen MR) is 85.1 cm³/mol. The Morgan fingerprint density at radius 1 is 1.11 bits per heavy atom. The molecule has 0 aliphatic carbocycles. The van der Waals surface area contributed by atoms with E-state index in [1.165, 1.54) is 12.1 Å². The monoisotopic (exact) mass is 338 g/mol. The topological polar surface area (TPSA) is 24.1 Å². The highest BCUT2D eigenvalue weighted by atomic mass is 79.9. The number of hydrogen-bond acceptors (Lipinski definition) is 1. The molecule has 0 atom stereocenters. The summed E-state index contributed by atoms with van der Waals surface area (Å²) in [4.78, 5) is 0. The highest BCUT2D eigenvalue weighted by Gasteiger charge is 2.03. The van der Waals surface area contributed by atoms with Gasteiger partial charge in [0.1, 0.15) is 5.82 Å². The lowest BCUT2D eigenvalue weighted by Crippen LogP contribution is -2.19. The number of anilines is 2. The van der Waals surface area contributed by atoms with E-state index in [1.54, 1.807) is 6.07 Å². The number of aryl methyl sites for hydroxylation is 1. The summed E-state index contributed by atoms with van der Waals surface area (Å²) in [5.41, 5.74) is 2.48. The van der Waals surface area contributed by atoms with Crippen molar-refractivity contribution in [3.63, 3.8) is 0 Å². The van der Waals surface area contributed by atoms with Gasteiger partial charge in [0.15, 0.2) is 5.11 Å². The fourth-order valence-corrected chi connectivity index (χ4v) is 2.08. The molecule has 2 aromatic rings. The fraction of sp³-hybridized carbons (Fsp3) is 0.0714. The first-order valence-corrected chi connectivity index (χ1v) is 6.84. The summed E-state index contributed by atoms with van der Waals surface area (Å²) in [7, 11) is 0. The summed E-state index contributed by atoms with van der Waals surface area (Å²) in [5, 5.41) is 6.58. The molecular weight excluding hydrogens is 327 g/mol. The zero-order valence-electron chi connectivity index (χ0n) is 10.2. The third-order valence-corrected chi connectivity index (χ3v) is 3.27. The van der Waals surface area contributed by atoms with Crippen LogP contribution in [0.5, 0.6) is 0 Å². The van der Waals surface area contributed by atoms with Gasteiger partial charge in [-0.1, -0.05) is 15.9 Å². The molecule has 5 heteroatoms. The van der Waals surface area contributed by atoms with Crippen LogP contribution in [0.25, 0.3) is 0 Å². The maximum atomic E-state index is 13.0. The molecule has 0 heterocycles. The molecule has 2 N–H and O–H groups in total. The molecule has 2 aromatic carbocycles. The van der Waals surface area contributed by atoms with Gasteiger partial charge in [-0.2, -0.15) is 0 Å². The summed E-state index contributed by atoms with van der Waals surface area (Å²) in [6.07, 6.45) is 0. The molecule has 0 aromatic heterocycles. The van der Waals surface area contributed by atoms with Gasteiger partial charge < -0.3 is 10.6 Å². The molecular formula is C14H12BrFN2S. The van der Waals surface area contributed by atoms with Gasteiger partial charge in [-0.25, -0.2) is 4.39 Å². The molecule has 98 valence electrons. The van der Waals surface area contributed by atoms with Gasteiger partial charge in [0.2, 0.25) is 0 Å². The van der Waals surface area contributed by atoms with Gasteiger partial charge in [0, 0.05) is 15.8 Å². The Bertz CT molecular complexity index is 599. The Balaban J connectivity index is 2.03. The Kier molecular flexibility index (Phi) is 4.50. The Morgan fingerprint density at radius 3 is 2.42 bits per heavy atom. The van der Waals surface area contributed by atoms with E-state index in [2.05, 4.69) is 26.6 Å². The van der Waals surface area contributed by atoms with Crippen LogP contribution in [0.2, 0.25) is 0 Å². The average Bonchev–Trinajstić information content (AvgIpc) is 2.36. The maximum absolute atomic E-state index is 13.0. The Morgan fingerprint density at radius 2 is 1.79 bits per heavy atom. The summed E-state index contributed by atoms with van der Waals surface area (Å²) < 4.78 is 14.0. The molecule has 19 heavy (non-hydrogen) atoms. The van der Waals surface area contributed by atoms with Crippen LogP contribution in [0.1, 0.15) is 5.56 Å². The number of halogens is 2. The largest absolute Gasteiger partial charge is 0.332 e. The van der Waals surface area contributed by atoms with Gasteiger partial charge >= 0.3 is 0 Å². The van der Waals surface area contributed by atoms with Crippen molar-refractivity contribution in [2.45, 2.75) is 6.92 Å². The quantitative estimate of drug-likeness (QED) is 0.775. The molecule has 2 rings (SSSR count). The summed E-state index contributed by atoms with van der Waals surface area (Å²) in [5.74, 6) is -0.255. The van der Waals surface area contributed by atoms with E-state index in [0.29, 0.717) is 5.11 Å². The van der Waals surface area contributed by atoms with Gasteiger partial charge in [-0.15, -0.1) is 0 Å². The third kappa shape index (κ3) is 4.01. The van der Waals surface area contributed by atoms with Crippen molar-refractivity contribution in [3.8, 4) is 0 Å². The van der Waals surface area contributed by atoms with Crippen LogP contribution < -0.4 is 10.6 Å². The molecule has 2 nitrogen and oxygen atoms in total. The van der Waals surface area contributed by atoms with Gasteiger partial charge in [-0.3, -0.25) is 0 Å². The highest BCUT2D eigenvalue weighted by Crippen LogP contribution is 2.17. The van der Waals surface area contributed by atoms with E-state index in [4.69, 9.17) is 12.2 Å². The van der Waals surface area contributed by atoms with Gasteiger partial charge in [-0.05, 0) is 67.2 Å². The molecule has 0 saturated carbocycles. The van der Waals surface area contributed by atoms with Crippen molar-refractivity contribution in [1.29, 1.82) is 0 Å². The van der Waals surface area contributed by atoms with Crippen LogP contribution in [0.15, 0.2) is 46.9 Å². The molecule has 0 amide bonds. The van der Waals surface area contributed by atoms with Crippen molar-refractivity contribution in [2.75, 3.05) is 10.6 Å². The second-order valence-electron chi connectivity index (χ2n) is 4.05. The van der Waals surface area contributed by atoms with E-state index < -0.39 is 0 Å². The summed E-state index contributed by atoms with van der Waals surface area (Å²) in [6.45, 7) is 1.83. The normalized spacial score (nSPS) is 10.1. The summed E-state index contributed by atoms with van der Waals surface area (Å²) >= 11 is 8.59. The lowest BCUT2D eigenvalue weighted by molar-refractivity contribution is 0.627. The van der Waals surface area contributed by atoms with Gasteiger partial charge in [0.25, 0.3) is 0 Å². The minimum absolute atomic E-state index is 0.255. The summed E-state index contributed by atoms with van der Waals surface area (Å²) in [6, 6.07) is 12.2. The van der Waals surface area contributed by atoms with Crippen LogP contribution >= 0.6 is 28.1 Å². The van der Waals surface area contributed by atoms with E-state index >= 15 is 0 Å². The van der Waals surface area contributed by atoms with Crippen molar-refractivity contribution < 1.29 is 4.39 Å². The van der Waals surface area contributed by atoms with Gasteiger partial charge in [0.05, 0.1) is 0 Å². The number of hydrogen-bond donors (Lipinski definition) is 2. The number of nitrogens with one attached hydrogen (secondary N) is 2. The van der Waals surface area contributed by atoms with E-state index in [1.807, 2.05) is 31.2 Å².